The Morgan fingerprint density at radius 3 is 2.39 bits per heavy atom. The molecule has 0 heterocycles. The molecule has 0 unspecified atom stereocenters. The van der Waals surface area contributed by atoms with Crippen LogP contribution in [-0.2, 0) is 0 Å². The third kappa shape index (κ3) is 3.67. The molecule has 0 aliphatic heterocycles. The van der Waals surface area contributed by atoms with E-state index in [1.54, 1.807) is 12.1 Å². The van der Waals surface area contributed by atoms with Crippen LogP contribution < -0.4 is 5.32 Å². The van der Waals surface area contributed by atoms with Crippen molar-refractivity contribution in [2.24, 2.45) is 0 Å². The van der Waals surface area contributed by atoms with Crippen LogP contribution >= 0.6 is 0 Å². The number of aromatic hydroxyl groups is 1. The normalized spacial score (nSPS) is 11.3. The van der Waals surface area contributed by atoms with Crippen LogP contribution in [0.15, 0.2) is 60.2 Å². The molecule has 0 bridgehead atoms. The van der Waals surface area contributed by atoms with Crippen molar-refractivity contribution in [1.82, 2.24) is 0 Å². The van der Waals surface area contributed by atoms with Crippen LogP contribution in [0.3, 0.4) is 0 Å². The van der Waals surface area contributed by atoms with Crippen molar-refractivity contribution in [3.8, 4) is 5.75 Å². The van der Waals surface area contributed by atoms with E-state index in [2.05, 4.69) is 30.4 Å². The van der Waals surface area contributed by atoms with Gasteiger partial charge in [0.15, 0.2) is 0 Å². The van der Waals surface area contributed by atoms with Crippen LogP contribution in [0, 0.1) is 0 Å². The zero-order chi connectivity index (χ0) is 12.8. The lowest BCUT2D eigenvalue weighted by Gasteiger charge is -2.07. The number of rotatable bonds is 4. The predicted octanol–water partition coefficient (Wildman–Crippen LogP) is 3.91. The van der Waals surface area contributed by atoms with Crippen molar-refractivity contribution in [1.29, 1.82) is 0 Å². The number of hydrogen-bond acceptors (Lipinski definition) is 2. The zero-order valence-electron chi connectivity index (χ0n) is 10.4. The molecule has 0 aliphatic carbocycles. The molecule has 18 heavy (non-hydrogen) atoms. The highest BCUT2D eigenvalue weighted by Gasteiger charge is 1.94. The summed E-state index contributed by atoms with van der Waals surface area (Å²) in [6.45, 7) is 2.89. The molecule has 0 fully saturated rings. The van der Waals surface area contributed by atoms with Gasteiger partial charge in [-0.15, -0.1) is 0 Å². The summed E-state index contributed by atoms with van der Waals surface area (Å²) in [5.41, 5.74) is 3.48. The van der Waals surface area contributed by atoms with E-state index in [0.29, 0.717) is 0 Å². The fourth-order valence-corrected chi connectivity index (χ4v) is 1.71. The lowest BCUT2D eigenvalue weighted by Crippen LogP contribution is -2.02. The van der Waals surface area contributed by atoms with Crippen molar-refractivity contribution in [3.63, 3.8) is 0 Å². The molecule has 2 nitrogen and oxygen atoms in total. The van der Waals surface area contributed by atoms with E-state index >= 15 is 0 Å². The molecule has 2 heteroatoms. The van der Waals surface area contributed by atoms with E-state index in [9.17, 15) is 5.11 Å². The predicted molar refractivity (Wildman–Crippen MR) is 76.7 cm³/mol. The van der Waals surface area contributed by atoms with Crippen molar-refractivity contribution in [2.75, 3.05) is 11.9 Å². The van der Waals surface area contributed by atoms with Crippen LogP contribution in [-0.4, -0.2) is 11.7 Å². The largest absolute Gasteiger partial charge is 0.508 e. The number of phenolic OH excluding ortho intramolecular Hbond substituents is 1. The maximum absolute atomic E-state index is 9.19. The van der Waals surface area contributed by atoms with Gasteiger partial charge < -0.3 is 10.4 Å². The van der Waals surface area contributed by atoms with Gasteiger partial charge in [-0.2, -0.15) is 0 Å². The smallest absolute Gasteiger partial charge is 0.115 e. The molecule has 0 aliphatic rings. The fourth-order valence-electron chi connectivity index (χ4n) is 1.71. The maximum atomic E-state index is 9.19. The number of phenols is 1. The molecular weight excluding hydrogens is 222 g/mol. The molecule has 2 rings (SSSR count). The van der Waals surface area contributed by atoms with Gasteiger partial charge in [-0.25, -0.2) is 0 Å². The molecular formula is C16H17NO. The first-order chi connectivity index (χ1) is 8.74. The van der Waals surface area contributed by atoms with Gasteiger partial charge in [0, 0.05) is 12.2 Å². The van der Waals surface area contributed by atoms with E-state index in [1.807, 2.05) is 30.3 Å². The summed E-state index contributed by atoms with van der Waals surface area (Å²) in [6, 6.07) is 17.3. The standard InChI is InChI=1S/C16H17NO/c1-13(11-14-5-3-2-4-6-14)12-17-15-7-9-16(18)10-8-15/h2-11,17-18H,12H2,1H3/b13-11+. The summed E-state index contributed by atoms with van der Waals surface area (Å²) < 4.78 is 0. The van der Waals surface area contributed by atoms with E-state index < -0.39 is 0 Å². The van der Waals surface area contributed by atoms with Crippen molar-refractivity contribution in [2.45, 2.75) is 6.92 Å². The first-order valence-electron chi connectivity index (χ1n) is 5.99. The minimum atomic E-state index is 0.289. The Bertz CT molecular complexity index is 515. The minimum Gasteiger partial charge on any atom is -0.508 e. The molecule has 2 N–H and O–H groups in total. The Morgan fingerprint density at radius 1 is 1.06 bits per heavy atom. The number of nitrogens with one attached hydrogen (secondary N) is 1. The lowest BCUT2D eigenvalue weighted by molar-refractivity contribution is 0.475. The third-order valence-electron chi connectivity index (χ3n) is 2.65. The van der Waals surface area contributed by atoms with Gasteiger partial charge >= 0.3 is 0 Å². The summed E-state index contributed by atoms with van der Waals surface area (Å²) >= 11 is 0. The van der Waals surface area contributed by atoms with E-state index in [-0.39, 0.29) is 5.75 Å². The van der Waals surface area contributed by atoms with Crippen LogP contribution in [0.1, 0.15) is 12.5 Å². The average Bonchev–Trinajstić information content (AvgIpc) is 2.39. The summed E-state index contributed by atoms with van der Waals surface area (Å²) in [5.74, 6) is 0.289. The van der Waals surface area contributed by atoms with Crippen LogP contribution in [0.25, 0.3) is 6.08 Å². The van der Waals surface area contributed by atoms with Gasteiger partial charge in [0.1, 0.15) is 5.75 Å². The second-order valence-corrected chi connectivity index (χ2v) is 4.30. The Kier molecular flexibility index (Phi) is 4.02. The van der Waals surface area contributed by atoms with E-state index in [1.165, 1.54) is 11.1 Å². The molecule has 0 amide bonds. The number of anilines is 1. The highest BCUT2D eigenvalue weighted by molar-refractivity contribution is 5.54. The van der Waals surface area contributed by atoms with Gasteiger partial charge in [-0.3, -0.25) is 0 Å². The maximum Gasteiger partial charge on any atom is 0.115 e. The minimum absolute atomic E-state index is 0.289. The third-order valence-corrected chi connectivity index (χ3v) is 2.65. The molecule has 0 saturated carbocycles. The topological polar surface area (TPSA) is 32.3 Å². The SMILES string of the molecule is C/C(=C\c1ccccc1)CNc1ccc(O)cc1. The van der Waals surface area contributed by atoms with Crippen LogP contribution in [0.4, 0.5) is 5.69 Å². The Labute approximate surface area is 108 Å². The van der Waals surface area contributed by atoms with Gasteiger partial charge in [0.2, 0.25) is 0 Å². The van der Waals surface area contributed by atoms with Crippen molar-refractivity contribution in [3.05, 3.63) is 65.7 Å². The van der Waals surface area contributed by atoms with Crippen LogP contribution in [0.2, 0.25) is 0 Å². The molecule has 2 aromatic carbocycles. The summed E-state index contributed by atoms with van der Waals surface area (Å²) in [4.78, 5) is 0. The Balaban J connectivity index is 1.94. The van der Waals surface area contributed by atoms with Crippen molar-refractivity contribution < 1.29 is 5.11 Å². The number of benzene rings is 2. The Morgan fingerprint density at radius 2 is 1.72 bits per heavy atom. The highest BCUT2D eigenvalue weighted by Crippen LogP contribution is 2.14. The number of hydrogen-bond donors (Lipinski definition) is 2. The van der Waals surface area contributed by atoms with Crippen LogP contribution in [0.5, 0.6) is 5.75 Å². The van der Waals surface area contributed by atoms with E-state index in [0.717, 1.165) is 12.2 Å². The average molecular weight is 239 g/mol. The van der Waals surface area contributed by atoms with Gasteiger partial charge in [0.05, 0.1) is 0 Å². The monoisotopic (exact) mass is 239 g/mol. The zero-order valence-corrected chi connectivity index (χ0v) is 10.4. The fraction of sp³-hybridized carbons (Fsp3) is 0.125. The summed E-state index contributed by atoms with van der Waals surface area (Å²) in [7, 11) is 0. The molecule has 2 aromatic rings. The molecule has 0 saturated heterocycles. The first kappa shape index (κ1) is 12.2. The summed E-state index contributed by atoms with van der Waals surface area (Å²) in [6.07, 6.45) is 2.16. The molecule has 0 atom stereocenters. The lowest BCUT2D eigenvalue weighted by atomic mass is 10.1. The summed E-state index contributed by atoms with van der Waals surface area (Å²) in [5, 5.41) is 12.5. The second-order valence-electron chi connectivity index (χ2n) is 4.30. The first-order valence-corrected chi connectivity index (χ1v) is 5.99. The van der Waals surface area contributed by atoms with E-state index in [4.69, 9.17) is 0 Å². The second kappa shape index (κ2) is 5.92. The molecule has 0 radical (unpaired) electrons. The quantitative estimate of drug-likeness (QED) is 0.793. The van der Waals surface area contributed by atoms with Gasteiger partial charge in [0.25, 0.3) is 0 Å². The molecule has 0 spiro atoms. The molecule has 0 aromatic heterocycles. The van der Waals surface area contributed by atoms with Gasteiger partial charge in [-0.05, 0) is 36.8 Å². The van der Waals surface area contributed by atoms with Gasteiger partial charge in [-0.1, -0.05) is 42.0 Å². The van der Waals surface area contributed by atoms with Crippen molar-refractivity contribution >= 4 is 11.8 Å². The molecule has 92 valence electrons. The Hall–Kier alpha value is -2.22. The highest BCUT2D eigenvalue weighted by atomic mass is 16.3.